The van der Waals surface area contributed by atoms with Crippen molar-refractivity contribution in [1.29, 1.82) is 0 Å². The Labute approximate surface area is 87.8 Å². The summed E-state index contributed by atoms with van der Waals surface area (Å²) < 4.78 is 0. The van der Waals surface area contributed by atoms with Crippen LogP contribution in [0.5, 0.6) is 0 Å². The fourth-order valence-electron chi connectivity index (χ4n) is 2.34. The first-order valence-corrected chi connectivity index (χ1v) is 5.71. The second-order valence-corrected chi connectivity index (χ2v) is 4.71. The van der Waals surface area contributed by atoms with Gasteiger partial charge in [0.1, 0.15) is 0 Å². The van der Waals surface area contributed by atoms with Crippen LogP contribution in [0.4, 0.5) is 0 Å². The van der Waals surface area contributed by atoms with Gasteiger partial charge in [0.25, 0.3) is 0 Å². The van der Waals surface area contributed by atoms with E-state index in [1.54, 1.807) is 0 Å². The van der Waals surface area contributed by atoms with E-state index in [1.807, 2.05) is 18.7 Å². The molecule has 0 aromatic carbocycles. The highest BCUT2D eigenvalue weighted by atomic mass is 16.2. The minimum atomic E-state index is -0.326. The van der Waals surface area contributed by atoms with Crippen LogP contribution < -0.4 is 5.73 Å². The van der Waals surface area contributed by atoms with Gasteiger partial charge in [-0.3, -0.25) is 0 Å². The highest BCUT2D eigenvalue weighted by Gasteiger charge is 2.23. The molecule has 0 saturated heterocycles. The zero-order valence-electron chi connectivity index (χ0n) is 9.45. The van der Waals surface area contributed by atoms with Gasteiger partial charge in [0.05, 0.1) is 0 Å². The molecule has 0 spiro atoms. The average Bonchev–Trinajstić information content (AvgIpc) is 2.18. The summed E-state index contributed by atoms with van der Waals surface area (Å²) in [7, 11) is 1.66. The summed E-state index contributed by atoms with van der Waals surface area (Å²) in [4.78, 5) is 2.02. The van der Waals surface area contributed by atoms with Crippen LogP contribution in [0.2, 0.25) is 6.82 Å². The van der Waals surface area contributed by atoms with Crippen molar-refractivity contribution in [2.24, 2.45) is 17.6 Å². The third-order valence-corrected chi connectivity index (χ3v) is 3.41. The molecule has 3 N–H and O–H groups in total. The summed E-state index contributed by atoms with van der Waals surface area (Å²) >= 11 is 0. The fourth-order valence-corrected chi connectivity index (χ4v) is 2.34. The molecule has 0 amide bonds. The van der Waals surface area contributed by atoms with Crippen molar-refractivity contribution >= 4 is 7.05 Å². The minimum absolute atomic E-state index is 0.326. The van der Waals surface area contributed by atoms with Crippen LogP contribution in [0, 0.1) is 11.8 Å². The number of nitrogens with zero attached hydrogens (tertiary/aromatic N) is 1. The molecular formula is C10H23BN2O. The molecule has 0 bridgehead atoms. The third kappa shape index (κ3) is 3.60. The minimum Gasteiger partial charge on any atom is -0.437 e. The first kappa shape index (κ1) is 12.0. The van der Waals surface area contributed by atoms with E-state index in [4.69, 9.17) is 5.73 Å². The van der Waals surface area contributed by atoms with Crippen LogP contribution in [-0.4, -0.2) is 37.0 Å². The second-order valence-electron chi connectivity index (χ2n) is 4.71. The molecule has 1 saturated carbocycles. The van der Waals surface area contributed by atoms with Crippen molar-refractivity contribution in [2.45, 2.75) is 32.5 Å². The molecule has 1 aliphatic carbocycles. The number of hydrogen-bond acceptors (Lipinski definition) is 3. The predicted octanol–water partition coefficient (Wildman–Crippen LogP) is 0.794. The summed E-state index contributed by atoms with van der Waals surface area (Å²) in [6.07, 6.45) is 5.15. The second kappa shape index (κ2) is 5.74. The highest BCUT2D eigenvalue weighted by molar-refractivity contribution is 6.45. The molecule has 1 fully saturated rings. The van der Waals surface area contributed by atoms with Gasteiger partial charge in [-0.05, 0) is 58.1 Å². The highest BCUT2D eigenvalue weighted by Crippen LogP contribution is 2.28. The monoisotopic (exact) mass is 198 g/mol. The van der Waals surface area contributed by atoms with Crippen LogP contribution in [0.25, 0.3) is 0 Å². The van der Waals surface area contributed by atoms with Crippen LogP contribution in [0.15, 0.2) is 0 Å². The van der Waals surface area contributed by atoms with Crippen molar-refractivity contribution < 1.29 is 5.02 Å². The van der Waals surface area contributed by atoms with Crippen molar-refractivity contribution in [3.05, 3.63) is 0 Å². The smallest absolute Gasteiger partial charge is 0.376 e. The lowest BCUT2D eigenvalue weighted by molar-refractivity contribution is 0.232. The van der Waals surface area contributed by atoms with E-state index in [-0.39, 0.29) is 7.05 Å². The van der Waals surface area contributed by atoms with Crippen molar-refractivity contribution in [3.63, 3.8) is 0 Å². The first-order valence-electron chi connectivity index (χ1n) is 5.71. The van der Waals surface area contributed by atoms with Gasteiger partial charge in [-0.1, -0.05) is 6.42 Å². The van der Waals surface area contributed by atoms with E-state index in [0.29, 0.717) is 0 Å². The number of nitrogens with two attached hydrogens (primary N) is 1. The molecule has 0 aromatic rings. The Kier molecular flexibility index (Phi) is 4.92. The Hall–Kier alpha value is -0.0551. The lowest BCUT2D eigenvalue weighted by Crippen LogP contribution is -2.38. The third-order valence-electron chi connectivity index (χ3n) is 3.41. The maximum Gasteiger partial charge on any atom is 0.376 e. The topological polar surface area (TPSA) is 49.5 Å². The fraction of sp³-hybridized carbons (Fsp3) is 1.00. The van der Waals surface area contributed by atoms with Crippen molar-refractivity contribution in [2.75, 3.05) is 20.1 Å². The molecule has 0 unspecified atom stereocenters. The molecule has 1 aliphatic rings. The lowest BCUT2D eigenvalue weighted by Gasteiger charge is -2.31. The number of rotatable bonds is 4. The Balaban J connectivity index is 2.30. The Morgan fingerprint density at radius 3 is 2.64 bits per heavy atom. The zero-order valence-corrected chi connectivity index (χ0v) is 9.45. The van der Waals surface area contributed by atoms with Crippen molar-refractivity contribution in [1.82, 2.24) is 4.81 Å². The number of hydrogen-bond donors (Lipinski definition) is 2. The van der Waals surface area contributed by atoms with E-state index in [2.05, 4.69) is 0 Å². The molecule has 4 heteroatoms. The molecule has 0 radical (unpaired) electrons. The molecular weight excluding hydrogens is 175 g/mol. The molecule has 2 atom stereocenters. The Morgan fingerprint density at radius 1 is 1.43 bits per heavy atom. The predicted molar refractivity (Wildman–Crippen MR) is 61.0 cm³/mol. The van der Waals surface area contributed by atoms with Gasteiger partial charge in [-0.2, -0.15) is 0 Å². The van der Waals surface area contributed by atoms with Gasteiger partial charge in [0.2, 0.25) is 0 Å². The SMILES string of the molecule is CB(O)N(C)C[C@H]1CCC[C@@H](CN)C1. The molecule has 1 rings (SSSR count). The summed E-state index contributed by atoms with van der Waals surface area (Å²) in [6, 6.07) is 0. The van der Waals surface area contributed by atoms with Gasteiger partial charge in [0.15, 0.2) is 0 Å². The quantitative estimate of drug-likeness (QED) is 0.656. The summed E-state index contributed by atoms with van der Waals surface area (Å²) in [5.41, 5.74) is 5.69. The van der Waals surface area contributed by atoms with E-state index < -0.39 is 0 Å². The molecule has 0 aromatic heterocycles. The molecule has 82 valence electrons. The van der Waals surface area contributed by atoms with E-state index in [1.165, 1.54) is 25.7 Å². The van der Waals surface area contributed by atoms with Gasteiger partial charge >= 0.3 is 7.05 Å². The van der Waals surface area contributed by atoms with Gasteiger partial charge < -0.3 is 15.6 Å². The molecule has 0 heterocycles. The Morgan fingerprint density at radius 2 is 2.07 bits per heavy atom. The van der Waals surface area contributed by atoms with E-state index in [0.717, 1.165) is 24.9 Å². The maximum absolute atomic E-state index is 9.38. The van der Waals surface area contributed by atoms with Crippen molar-refractivity contribution in [3.8, 4) is 0 Å². The lowest BCUT2D eigenvalue weighted by atomic mass is 9.78. The zero-order chi connectivity index (χ0) is 10.6. The average molecular weight is 198 g/mol. The van der Waals surface area contributed by atoms with Crippen LogP contribution in [0.3, 0.4) is 0 Å². The van der Waals surface area contributed by atoms with Crippen LogP contribution >= 0.6 is 0 Å². The van der Waals surface area contributed by atoms with Gasteiger partial charge in [0, 0.05) is 0 Å². The largest absolute Gasteiger partial charge is 0.437 e. The summed E-state index contributed by atoms with van der Waals surface area (Å²) in [5, 5.41) is 9.38. The van der Waals surface area contributed by atoms with Crippen LogP contribution in [-0.2, 0) is 0 Å². The van der Waals surface area contributed by atoms with E-state index in [9.17, 15) is 5.02 Å². The van der Waals surface area contributed by atoms with E-state index >= 15 is 0 Å². The van der Waals surface area contributed by atoms with Crippen LogP contribution in [0.1, 0.15) is 25.7 Å². The summed E-state index contributed by atoms with van der Waals surface area (Å²) in [6.45, 7) is 3.66. The Bertz CT molecular complexity index is 166. The normalized spacial score (nSPS) is 28.1. The standard InChI is InChI=1S/C10H23BN2O/c1-11(14)13(2)8-10-5-3-4-9(6-10)7-12/h9-10,14H,3-8,12H2,1-2H3/t9-,10+/m1/s1. The van der Waals surface area contributed by atoms with Gasteiger partial charge in [-0.15, -0.1) is 0 Å². The summed E-state index contributed by atoms with van der Waals surface area (Å²) in [5.74, 6) is 1.45. The maximum atomic E-state index is 9.38. The molecule has 3 nitrogen and oxygen atoms in total. The van der Waals surface area contributed by atoms with Gasteiger partial charge in [-0.25, -0.2) is 0 Å². The molecule has 14 heavy (non-hydrogen) atoms. The first-order chi connectivity index (χ1) is 6.63. The molecule has 0 aliphatic heterocycles.